The molecule has 0 aliphatic heterocycles. The van der Waals surface area contributed by atoms with Crippen LogP contribution in [0.2, 0.25) is 0 Å². The minimum atomic E-state index is -0.457. The van der Waals surface area contributed by atoms with Crippen LogP contribution < -0.4 is 11.3 Å². The number of hydrogen-bond acceptors (Lipinski definition) is 3. The van der Waals surface area contributed by atoms with Crippen molar-refractivity contribution in [2.24, 2.45) is 5.73 Å². The highest BCUT2D eigenvalue weighted by Gasteiger charge is 2.23. The highest BCUT2D eigenvalue weighted by atomic mass is 16.1. The lowest BCUT2D eigenvalue weighted by Gasteiger charge is -2.29. The molecule has 2 rings (SSSR count). The van der Waals surface area contributed by atoms with Gasteiger partial charge >= 0.3 is 0 Å². The first-order chi connectivity index (χ1) is 10.5. The zero-order valence-electron chi connectivity index (χ0n) is 13.0. The van der Waals surface area contributed by atoms with E-state index in [1.807, 2.05) is 56.3 Å². The van der Waals surface area contributed by atoms with E-state index in [1.165, 1.54) is 0 Å². The molecule has 1 aromatic carbocycles. The van der Waals surface area contributed by atoms with Crippen LogP contribution >= 0.6 is 0 Å². The van der Waals surface area contributed by atoms with Crippen LogP contribution in [0.25, 0.3) is 11.3 Å². The SMILES string of the molecule is CCC(N)(CC)Cn1c(-c2ccccc2)ccc(C#N)c1=O. The van der Waals surface area contributed by atoms with E-state index in [0.29, 0.717) is 6.54 Å². The largest absolute Gasteiger partial charge is 0.324 e. The van der Waals surface area contributed by atoms with Crippen LogP contribution in [0.15, 0.2) is 47.3 Å². The van der Waals surface area contributed by atoms with E-state index in [9.17, 15) is 4.79 Å². The van der Waals surface area contributed by atoms with Gasteiger partial charge in [0.1, 0.15) is 11.6 Å². The second-order valence-electron chi connectivity index (χ2n) is 5.57. The second kappa shape index (κ2) is 6.59. The van der Waals surface area contributed by atoms with Gasteiger partial charge in [-0.15, -0.1) is 0 Å². The van der Waals surface area contributed by atoms with Crippen molar-refractivity contribution >= 4 is 0 Å². The molecule has 114 valence electrons. The van der Waals surface area contributed by atoms with Gasteiger partial charge in [0.15, 0.2) is 0 Å². The van der Waals surface area contributed by atoms with Gasteiger partial charge in [-0.3, -0.25) is 4.79 Å². The summed E-state index contributed by atoms with van der Waals surface area (Å²) in [6, 6.07) is 15.1. The molecule has 0 amide bonds. The van der Waals surface area contributed by atoms with Gasteiger partial charge in [0.05, 0.1) is 5.69 Å². The third kappa shape index (κ3) is 3.10. The average Bonchev–Trinajstić information content (AvgIpc) is 2.57. The van der Waals surface area contributed by atoms with E-state index < -0.39 is 5.54 Å². The van der Waals surface area contributed by atoms with Gasteiger partial charge in [-0.1, -0.05) is 44.2 Å². The van der Waals surface area contributed by atoms with Crippen LogP contribution in [-0.4, -0.2) is 10.1 Å². The minimum Gasteiger partial charge on any atom is -0.324 e. The Morgan fingerprint density at radius 3 is 2.32 bits per heavy atom. The van der Waals surface area contributed by atoms with Gasteiger partial charge in [-0.05, 0) is 30.5 Å². The quantitative estimate of drug-likeness (QED) is 0.921. The van der Waals surface area contributed by atoms with Crippen LogP contribution in [0.1, 0.15) is 32.3 Å². The molecular formula is C18H21N3O. The van der Waals surface area contributed by atoms with Gasteiger partial charge in [-0.25, -0.2) is 0 Å². The smallest absolute Gasteiger partial charge is 0.269 e. The number of pyridine rings is 1. The van der Waals surface area contributed by atoms with Crippen molar-refractivity contribution < 1.29 is 0 Å². The molecule has 2 N–H and O–H groups in total. The Labute approximate surface area is 130 Å². The Kier molecular flexibility index (Phi) is 4.79. The summed E-state index contributed by atoms with van der Waals surface area (Å²) in [5, 5.41) is 9.12. The van der Waals surface area contributed by atoms with E-state index in [1.54, 1.807) is 10.6 Å². The molecule has 0 saturated heterocycles. The summed E-state index contributed by atoms with van der Waals surface area (Å²) >= 11 is 0. The fraction of sp³-hybridized carbons (Fsp3) is 0.333. The molecule has 0 aliphatic rings. The summed E-state index contributed by atoms with van der Waals surface area (Å²) in [7, 11) is 0. The highest BCUT2D eigenvalue weighted by molar-refractivity contribution is 5.60. The van der Waals surface area contributed by atoms with Gasteiger partial charge in [0, 0.05) is 12.1 Å². The maximum absolute atomic E-state index is 12.6. The molecule has 0 radical (unpaired) electrons. The van der Waals surface area contributed by atoms with E-state index in [2.05, 4.69) is 0 Å². The third-order valence-electron chi connectivity index (χ3n) is 4.25. The summed E-state index contributed by atoms with van der Waals surface area (Å²) < 4.78 is 1.64. The monoisotopic (exact) mass is 295 g/mol. The summed E-state index contributed by atoms with van der Waals surface area (Å²) in [4.78, 5) is 12.6. The first kappa shape index (κ1) is 16.0. The molecule has 0 aliphatic carbocycles. The van der Waals surface area contributed by atoms with E-state index >= 15 is 0 Å². The number of hydrogen-bond donors (Lipinski definition) is 1. The molecule has 1 heterocycles. The molecule has 0 atom stereocenters. The Bertz CT molecular complexity index is 737. The molecular weight excluding hydrogens is 274 g/mol. The predicted octanol–water partition coefficient (Wildman–Crippen LogP) is 2.90. The Morgan fingerprint density at radius 2 is 1.77 bits per heavy atom. The van der Waals surface area contributed by atoms with Crippen LogP contribution in [0, 0.1) is 11.3 Å². The maximum atomic E-state index is 12.6. The molecule has 4 nitrogen and oxygen atoms in total. The second-order valence-corrected chi connectivity index (χ2v) is 5.57. The Hall–Kier alpha value is -2.38. The Morgan fingerprint density at radius 1 is 1.14 bits per heavy atom. The molecule has 4 heteroatoms. The Balaban J connectivity index is 2.64. The van der Waals surface area contributed by atoms with Crippen molar-refractivity contribution in [3.63, 3.8) is 0 Å². The van der Waals surface area contributed by atoms with Gasteiger partial charge in [0.25, 0.3) is 5.56 Å². The number of nitrogens with two attached hydrogens (primary N) is 1. The van der Waals surface area contributed by atoms with Crippen molar-refractivity contribution in [3.05, 3.63) is 58.4 Å². The van der Waals surface area contributed by atoms with Gasteiger partial charge < -0.3 is 10.3 Å². The first-order valence-corrected chi connectivity index (χ1v) is 7.53. The number of aromatic nitrogens is 1. The number of nitriles is 1. The maximum Gasteiger partial charge on any atom is 0.269 e. The van der Waals surface area contributed by atoms with Gasteiger partial charge in [-0.2, -0.15) is 5.26 Å². The third-order valence-corrected chi connectivity index (χ3v) is 4.25. The lowest BCUT2D eigenvalue weighted by molar-refractivity contribution is 0.336. The molecule has 0 bridgehead atoms. The molecule has 0 saturated carbocycles. The van der Waals surface area contributed by atoms with Crippen molar-refractivity contribution in [1.82, 2.24) is 4.57 Å². The predicted molar refractivity (Wildman–Crippen MR) is 88.4 cm³/mol. The summed E-state index contributed by atoms with van der Waals surface area (Å²) in [6.07, 6.45) is 1.53. The molecule has 2 aromatic rings. The summed E-state index contributed by atoms with van der Waals surface area (Å²) in [5.41, 5.74) is 7.54. The number of nitrogens with zero attached hydrogens (tertiary/aromatic N) is 2. The van der Waals surface area contributed by atoms with Crippen molar-refractivity contribution in [3.8, 4) is 17.3 Å². The van der Waals surface area contributed by atoms with Crippen molar-refractivity contribution in [2.75, 3.05) is 0 Å². The zero-order valence-corrected chi connectivity index (χ0v) is 13.0. The normalized spacial score (nSPS) is 11.2. The van der Waals surface area contributed by atoms with Crippen LogP contribution in [0.3, 0.4) is 0 Å². The molecule has 1 aromatic heterocycles. The fourth-order valence-electron chi connectivity index (χ4n) is 2.47. The average molecular weight is 295 g/mol. The minimum absolute atomic E-state index is 0.147. The molecule has 22 heavy (non-hydrogen) atoms. The lowest BCUT2D eigenvalue weighted by atomic mass is 9.93. The van der Waals surface area contributed by atoms with Crippen molar-refractivity contribution in [2.45, 2.75) is 38.8 Å². The fourth-order valence-corrected chi connectivity index (χ4v) is 2.47. The lowest BCUT2D eigenvalue weighted by Crippen LogP contribution is -2.45. The standard InChI is InChI=1S/C18H21N3O/c1-3-18(20,4-2)13-21-16(14-8-6-5-7-9-14)11-10-15(12-19)17(21)22/h5-11H,3-4,13,20H2,1-2H3. The van der Waals surface area contributed by atoms with Crippen LogP contribution in [-0.2, 0) is 6.54 Å². The summed E-state index contributed by atoms with van der Waals surface area (Å²) in [5.74, 6) is 0. The first-order valence-electron chi connectivity index (χ1n) is 7.53. The molecule has 0 spiro atoms. The zero-order chi connectivity index (χ0) is 16.2. The summed E-state index contributed by atoms with van der Waals surface area (Å²) in [6.45, 7) is 4.44. The highest BCUT2D eigenvalue weighted by Crippen LogP contribution is 2.21. The molecule has 0 fully saturated rings. The van der Waals surface area contributed by atoms with E-state index in [4.69, 9.17) is 11.0 Å². The molecule has 0 unspecified atom stereocenters. The van der Waals surface area contributed by atoms with Gasteiger partial charge in [0.2, 0.25) is 0 Å². The van der Waals surface area contributed by atoms with E-state index in [0.717, 1.165) is 24.1 Å². The van der Waals surface area contributed by atoms with Crippen molar-refractivity contribution in [1.29, 1.82) is 5.26 Å². The topological polar surface area (TPSA) is 71.8 Å². The van der Waals surface area contributed by atoms with E-state index in [-0.39, 0.29) is 11.1 Å². The number of rotatable bonds is 5. The van der Waals surface area contributed by atoms with Crippen LogP contribution in [0.5, 0.6) is 0 Å². The van der Waals surface area contributed by atoms with Crippen LogP contribution in [0.4, 0.5) is 0 Å². The number of benzene rings is 1.